The van der Waals surface area contributed by atoms with Gasteiger partial charge in [0.05, 0.1) is 44.7 Å². The van der Waals surface area contributed by atoms with Crippen LogP contribution >= 0.6 is 0 Å². The molecule has 0 aromatic heterocycles. The smallest absolute Gasteiger partial charge is 0.331 e. The van der Waals surface area contributed by atoms with Crippen LogP contribution in [-0.4, -0.2) is 154 Å². The number of aromatic hydroxyl groups is 1. The van der Waals surface area contributed by atoms with Crippen molar-refractivity contribution in [3.05, 3.63) is 42.2 Å². The Balaban J connectivity index is 1.21. The number of methoxy groups -OCH3 is 1. The van der Waals surface area contributed by atoms with Crippen molar-refractivity contribution in [2.45, 2.75) is 99.4 Å². The third-order valence-corrected chi connectivity index (χ3v) is 9.81. The van der Waals surface area contributed by atoms with Gasteiger partial charge in [0.25, 0.3) is 0 Å². The largest absolute Gasteiger partial charge is 0.504 e. The van der Waals surface area contributed by atoms with E-state index in [4.69, 9.17) is 42.6 Å². The van der Waals surface area contributed by atoms with Crippen LogP contribution in [0.1, 0.15) is 19.4 Å². The molecule has 4 heterocycles. The van der Waals surface area contributed by atoms with E-state index < -0.39 is 122 Å². The summed E-state index contributed by atoms with van der Waals surface area (Å²) in [7, 11) is 1.39. The van der Waals surface area contributed by atoms with Gasteiger partial charge in [-0.2, -0.15) is 0 Å². The van der Waals surface area contributed by atoms with Gasteiger partial charge >= 0.3 is 11.9 Å². The van der Waals surface area contributed by atoms with Crippen molar-refractivity contribution in [2.24, 2.45) is 11.8 Å². The molecule has 0 radical (unpaired) electrons. The first-order valence-electron chi connectivity index (χ1n) is 16.3. The highest BCUT2D eigenvalue weighted by Gasteiger charge is 2.77. The minimum Gasteiger partial charge on any atom is -0.504 e. The normalized spacial score (nSPS) is 42.8. The molecule has 0 amide bonds. The van der Waals surface area contributed by atoms with Gasteiger partial charge in [0.2, 0.25) is 6.29 Å². The molecule has 3 saturated heterocycles. The van der Waals surface area contributed by atoms with Gasteiger partial charge in [-0.05, 0) is 36.8 Å². The lowest BCUT2D eigenvalue weighted by atomic mass is 9.85. The number of hydrogen-bond acceptors (Lipinski definition) is 18. The van der Waals surface area contributed by atoms with E-state index in [9.17, 15) is 45.3 Å². The molecule has 0 bridgehead atoms. The maximum Gasteiger partial charge on any atom is 0.331 e. The highest BCUT2D eigenvalue weighted by atomic mass is 16.8. The Bertz CT molecular complexity index is 1480. The number of ether oxygens (including phenoxy) is 9. The van der Waals surface area contributed by atoms with Gasteiger partial charge in [-0.1, -0.05) is 6.07 Å². The standard InChI is InChI=1S/C33H42O18/c1-13-26(46-14(2)36)25(42)28(48-20(38)7-5-15-4-6-18(43-3)17(37)10-15)32(45-13)49-27-16-8-9-44-30(21(16)33(12-35)29(27)51-33)50-31-24(41)23(40)22(39)19(11-34)47-31/h4-10,13,16,19,21-32,34-35,37,39-42H,11-12H2,1-3H3. The third-order valence-electron chi connectivity index (χ3n) is 9.81. The molecular weight excluding hydrogens is 684 g/mol. The summed E-state index contributed by atoms with van der Waals surface area (Å²) in [4.78, 5) is 24.9. The lowest BCUT2D eigenvalue weighted by Gasteiger charge is -2.44. The Morgan fingerprint density at radius 1 is 0.922 bits per heavy atom. The van der Waals surface area contributed by atoms with Gasteiger partial charge in [-0.15, -0.1) is 0 Å². The average Bonchev–Trinajstić information content (AvgIpc) is 3.78. The molecule has 0 spiro atoms. The minimum atomic E-state index is -1.73. The number of epoxide rings is 1. The van der Waals surface area contributed by atoms with Crippen molar-refractivity contribution in [3.8, 4) is 11.5 Å². The van der Waals surface area contributed by atoms with Crippen LogP contribution < -0.4 is 4.74 Å². The first-order chi connectivity index (χ1) is 24.3. The van der Waals surface area contributed by atoms with Crippen molar-refractivity contribution in [1.82, 2.24) is 0 Å². The zero-order valence-electron chi connectivity index (χ0n) is 27.7. The first kappa shape index (κ1) is 37.4. The van der Waals surface area contributed by atoms with Gasteiger partial charge < -0.3 is 78.4 Å². The Morgan fingerprint density at radius 2 is 1.69 bits per heavy atom. The topological polar surface area (TPSA) is 262 Å². The second-order valence-electron chi connectivity index (χ2n) is 13.0. The summed E-state index contributed by atoms with van der Waals surface area (Å²) in [5.74, 6) is -3.00. The van der Waals surface area contributed by atoms with E-state index in [1.165, 1.54) is 38.5 Å². The third kappa shape index (κ3) is 7.06. The van der Waals surface area contributed by atoms with Crippen LogP contribution in [0.5, 0.6) is 11.5 Å². The monoisotopic (exact) mass is 726 g/mol. The van der Waals surface area contributed by atoms with Crippen LogP contribution in [0.3, 0.4) is 0 Å². The molecule has 16 atom stereocenters. The number of benzene rings is 1. The Kier molecular flexibility index (Phi) is 10.9. The van der Waals surface area contributed by atoms with Crippen LogP contribution in [0.2, 0.25) is 0 Å². The molecular formula is C33H42O18. The van der Waals surface area contributed by atoms with Crippen molar-refractivity contribution >= 4 is 18.0 Å². The van der Waals surface area contributed by atoms with Gasteiger partial charge in [-0.3, -0.25) is 4.79 Å². The molecule has 282 valence electrons. The van der Waals surface area contributed by atoms with Gasteiger partial charge in [0.15, 0.2) is 36.3 Å². The predicted octanol–water partition coefficient (Wildman–Crippen LogP) is -2.19. The maximum absolute atomic E-state index is 13.1. The minimum absolute atomic E-state index is 0.157. The number of aliphatic hydroxyl groups is 6. The molecule has 4 fully saturated rings. The van der Waals surface area contributed by atoms with Crippen LogP contribution in [0, 0.1) is 11.8 Å². The molecule has 7 N–H and O–H groups in total. The van der Waals surface area contributed by atoms with E-state index in [-0.39, 0.29) is 11.5 Å². The van der Waals surface area contributed by atoms with E-state index in [0.29, 0.717) is 5.56 Å². The van der Waals surface area contributed by atoms with Crippen molar-refractivity contribution in [2.75, 3.05) is 20.3 Å². The summed E-state index contributed by atoms with van der Waals surface area (Å²) in [6, 6.07) is 4.45. The number of fused-ring (bicyclic) bond motifs is 3. The van der Waals surface area contributed by atoms with Crippen LogP contribution in [0.4, 0.5) is 0 Å². The van der Waals surface area contributed by atoms with Crippen LogP contribution in [0.15, 0.2) is 36.6 Å². The summed E-state index contributed by atoms with van der Waals surface area (Å²) in [5, 5.41) is 72.5. The second-order valence-corrected chi connectivity index (χ2v) is 13.0. The molecule has 16 unspecified atom stereocenters. The number of hydrogen-bond donors (Lipinski definition) is 7. The number of phenols is 1. The van der Waals surface area contributed by atoms with Crippen LogP contribution in [-0.2, 0) is 47.5 Å². The van der Waals surface area contributed by atoms with Crippen molar-refractivity contribution in [3.63, 3.8) is 0 Å². The lowest BCUT2D eigenvalue weighted by Crippen LogP contribution is -2.61. The number of esters is 2. The fourth-order valence-electron chi connectivity index (χ4n) is 7.20. The average molecular weight is 727 g/mol. The summed E-state index contributed by atoms with van der Waals surface area (Å²) >= 11 is 0. The molecule has 1 aromatic rings. The Morgan fingerprint density at radius 3 is 2.35 bits per heavy atom. The summed E-state index contributed by atoms with van der Waals surface area (Å²) in [6.45, 7) is 1.48. The summed E-state index contributed by atoms with van der Waals surface area (Å²) in [6.07, 6.45) is -12.3. The second kappa shape index (κ2) is 14.9. The molecule has 51 heavy (non-hydrogen) atoms. The van der Waals surface area contributed by atoms with Crippen molar-refractivity contribution < 1.29 is 88.0 Å². The summed E-state index contributed by atoms with van der Waals surface area (Å²) < 4.78 is 51.4. The molecule has 1 aliphatic carbocycles. The molecule has 1 aromatic carbocycles. The van der Waals surface area contributed by atoms with E-state index in [2.05, 4.69) is 0 Å². The Labute approximate surface area is 291 Å². The quantitative estimate of drug-likeness (QED) is 0.0726. The number of carbonyl (C=O) groups is 2. The fraction of sp³-hybridized carbons (Fsp3) is 0.636. The number of rotatable bonds is 11. The summed E-state index contributed by atoms with van der Waals surface area (Å²) in [5.41, 5.74) is -0.850. The number of carbonyl (C=O) groups excluding carboxylic acids is 2. The zero-order valence-corrected chi connectivity index (χ0v) is 27.7. The molecule has 18 nitrogen and oxygen atoms in total. The SMILES string of the molecule is COc1ccc(C=CC(=O)OC2C(OC3C4C=COC(OC5OC(CO)C(O)C(O)C5O)C4C4(CO)OC34)OC(C)C(OC(C)=O)C2O)cc1O. The van der Waals surface area contributed by atoms with Gasteiger partial charge in [0, 0.05) is 18.9 Å². The highest BCUT2D eigenvalue weighted by Crippen LogP contribution is 2.61. The van der Waals surface area contributed by atoms with Crippen molar-refractivity contribution in [1.29, 1.82) is 0 Å². The molecule has 5 aliphatic rings. The van der Waals surface area contributed by atoms with E-state index >= 15 is 0 Å². The van der Waals surface area contributed by atoms with E-state index in [0.717, 1.165) is 13.0 Å². The number of phenolic OH excluding ortho intramolecular Hbond substituents is 1. The first-order valence-corrected chi connectivity index (χ1v) is 16.3. The van der Waals surface area contributed by atoms with E-state index in [1.54, 1.807) is 12.1 Å². The van der Waals surface area contributed by atoms with E-state index in [1.807, 2.05) is 0 Å². The highest BCUT2D eigenvalue weighted by molar-refractivity contribution is 5.87. The molecule has 18 heteroatoms. The van der Waals surface area contributed by atoms with Gasteiger partial charge in [0.1, 0.15) is 42.2 Å². The van der Waals surface area contributed by atoms with Crippen LogP contribution in [0.25, 0.3) is 6.08 Å². The molecule has 4 aliphatic heterocycles. The number of aliphatic hydroxyl groups excluding tert-OH is 6. The predicted molar refractivity (Wildman–Crippen MR) is 165 cm³/mol. The fourth-order valence-corrected chi connectivity index (χ4v) is 7.20. The van der Waals surface area contributed by atoms with Gasteiger partial charge in [-0.25, -0.2) is 4.79 Å². The Hall–Kier alpha value is -3.40. The lowest BCUT2D eigenvalue weighted by molar-refractivity contribution is -0.347. The molecule has 1 saturated carbocycles. The molecule has 6 rings (SSSR count). The maximum atomic E-state index is 13.1. The zero-order chi connectivity index (χ0) is 36.8.